The van der Waals surface area contributed by atoms with E-state index in [1.807, 2.05) is 0 Å². The number of hydrogen-bond acceptors (Lipinski definition) is 4. The third-order valence-corrected chi connectivity index (χ3v) is 4.97. The molecule has 1 fully saturated rings. The molecule has 1 amide bonds. The van der Waals surface area contributed by atoms with Crippen LogP contribution < -0.4 is 11.0 Å². The van der Waals surface area contributed by atoms with Crippen molar-refractivity contribution in [3.63, 3.8) is 0 Å². The molecule has 1 aromatic heterocycles. The number of amides is 1. The zero-order valence-corrected chi connectivity index (χ0v) is 15.3. The minimum absolute atomic E-state index is 0.00979. The van der Waals surface area contributed by atoms with Gasteiger partial charge in [-0.25, -0.2) is 4.79 Å². The molecule has 0 saturated heterocycles. The van der Waals surface area contributed by atoms with Crippen molar-refractivity contribution in [3.8, 4) is 0 Å². The van der Waals surface area contributed by atoms with E-state index in [4.69, 9.17) is 0 Å². The first kappa shape index (κ1) is 18.6. The highest BCUT2D eigenvalue weighted by Crippen LogP contribution is 2.31. The van der Waals surface area contributed by atoms with Crippen LogP contribution in [0.2, 0.25) is 0 Å². The molecule has 1 saturated carbocycles. The Bertz CT molecular complexity index is 616. The van der Waals surface area contributed by atoms with Gasteiger partial charge >= 0.3 is 5.69 Å². The zero-order chi connectivity index (χ0) is 17.7. The predicted octanol–water partition coefficient (Wildman–Crippen LogP) is 1.96. The molecule has 6 heteroatoms. The van der Waals surface area contributed by atoms with Crippen molar-refractivity contribution in [2.75, 3.05) is 20.6 Å². The highest BCUT2D eigenvalue weighted by molar-refractivity contribution is 5.92. The first-order valence-electron chi connectivity index (χ1n) is 8.88. The van der Waals surface area contributed by atoms with Gasteiger partial charge < -0.3 is 15.2 Å². The van der Waals surface area contributed by atoms with Crippen LogP contribution in [-0.4, -0.2) is 47.0 Å². The Morgan fingerprint density at radius 1 is 1.33 bits per heavy atom. The van der Waals surface area contributed by atoms with Gasteiger partial charge in [-0.15, -0.1) is 0 Å². The maximum Gasteiger partial charge on any atom is 0.345 e. The van der Waals surface area contributed by atoms with E-state index in [2.05, 4.69) is 48.1 Å². The average Bonchev–Trinajstić information content (AvgIpc) is 2.52. The molecule has 0 spiro atoms. The largest absolute Gasteiger partial charge is 0.349 e. The van der Waals surface area contributed by atoms with Crippen molar-refractivity contribution < 1.29 is 4.79 Å². The molecule has 0 aromatic carbocycles. The number of aromatic amines is 1. The summed E-state index contributed by atoms with van der Waals surface area (Å²) in [5, 5.41) is 3.00. The summed E-state index contributed by atoms with van der Waals surface area (Å²) >= 11 is 0. The van der Waals surface area contributed by atoms with Crippen molar-refractivity contribution >= 4 is 5.91 Å². The molecule has 6 nitrogen and oxygen atoms in total. The Kier molecular flexibility index (Phi) is 6.15. The highest BCUT2D eigenvalue weighted by atomic mass is 16.2. The fraction of sp³-hybridized carbons (Fsp3) is 0.722. The van der Waals surface area contributed by atoms with Gasteiger partial charge in [0.1, 0.15) is 5.69 Å². The number of carbonyl (C=O) groups is 1. The van der Waals surface area contributed by atoms with Gasteiger partial charge in [-0.05, 0) is 45.3 Å². The van der Waals surface area contributed by atoms with Crippen molar-refractivity contribution in [1.82, 2.24) is 20.2 Å². The molecule has 2 rings (SSSR count). The summed E-state index contributed by atoms with van der Waals surface area (Å²) in [6.45, 7) is 4.73. The lowest BCUT2D eigenvalue weighted by atomic mass is 9.80. The monoisotopic (exact) mass is 334 g/mol. The summed E-state index contributed by atoms with van der Waals surface area (Å²) in [4.78, 5) is 33.0. The van der Waals surface area contributed by atoms with E-state index in [-0.39, 0.29) is 17.1 Å². The average molecular weight is 334 g/mol. The Labute approximate surface area is 144 Å². The van der Waals surface area contributed by atoms with Crippen LogP contribution in [0.1, 0.15) is 62.1 Å². The molecule has 0 unspecified atom stereocenters. The summed E-state index contributed by atoms with van der Waals surface area (Å²) in [5.41, 5.74) is 0.517. The minimum atomic E-state index is -0.460. The van der Waals surface area contributed by atoms with Gasteiger partial charge in [0.25, 0.3) is 5.91 Å². The van der Waals surface area contributed by atoms with E-state index in [1.165, 1.54) is 19.3 Å². The molecular weight excluding hydrogens is 304 g/mol. The standard InChI is InChI=1S/C18H30N4O2/c1-13(2)10-14-11-15(21-17(24)20-14)16(23)19-12-18(22(3)4)8-6-5-7-9-18/h11,13H,5-10,12H2,1-4H3,(H,19,23)(H,20,21,24). The summed E-state index contributed by atoms with van der Waals surface area (Å²) < 4.78 is 0. The summed E-state index contributed by atoms with van der Waals surface area (Å²) in [7, 11) is 4.15. The van der Waals surface area contributed by atoms with E-state index >= 15 is 0 Å². The maximum atomic E-state index is 12.5. The SMILES string of the molecule is CC(C)Cc1cc(C(=O)NCC2(N(C)C)CCCCC2)nc(=O)[nH]1. The normalized spacial score (nSPS) is 17.2. The smallest absolute Gasteiger partial charge is 0.345 e. The number of rotatable bonds is 6. The Morgan fingerprint density at radius 2 is 2.00 bits per heavy atom. The van der Waals surface area contributed by atoms with E-state index in [0.717, 1.165) is 25.0 Å². The Balaban J connectivity index is 2.09. The van der Waals surface area contributed by atoms with Crippen LogP contribution >= 0.6 is 0 Å². The van der Waals surface area contributed by atoms with Gasteiger partial charge in [0.15, 0.2) is 0 Å². The number of likely N-dealkylation sites (N-methyl/N-ethyl adjacent to an activating group) is 1. The van der Waals surface area contributed by atoms with Crippen molar-refractivity contribution in [2.45, 2.75) is 57.9 Å². The molecule has 2 N–H and O–H groups in total. The summed E-state index contributed by atoms with van der Waals surface area (Å²) in [5.74, 6) is 0.135. The van der Waals surface area contributed by atoms with E-state index in [1.54, 1.807) is 6.07 Å². The van der Waals surface area contributed by atoms with Crippen molar-refractivity contribution in [2.24, 2.45) is 5.92 Å². The quantitative estimate of drug-likeness (QED) is 0.834. The molecule has 1 aliphatic rings. The van der Waals surface area contributed by atoms with Crippen molar-refractivity contribution in [1.29, 1.82) is 0 Å². The first-order valence-corrected chi connectivity index (χ1v) is 8.88. The third-order valence-electron chi connectivity index (χ3n) is 4.97. The number of nitrogens with one attached hydrogen (secondary N) is 2. The second kappa shape index (κ2) is 7.92. The van der Waals surface area contributed by atoms with Gasteiger partial charge in [0, 0.05) is 17.8 Å². The van der Waals surface area contributed by atoms with Crippen LogP contribution in [-0.2, 0) is 6.42 Å². The van der Waals surface area contributed by atoms with E-state index in [0.29, 0.717) is 12.5 Å². The van der Waals surface area contributed by atoms with Crippen LogP contribution in [0.5, 0.6) is 0 Å². The van der Waals surface area contributed by atoms with Crippen LogP contribution in [0.25, 0.3) is 0 Å². The first-order chi connectivity index (χ1) is 11.3. The molecule has 24 heavy (non-hydrogen) atoms. The van der Waals surface area contributed by atoms with Crippen LogP contribution in [0, 0.1) is 5.92 Å². The molecule has 0 aliphatic heterocycles. The Morgan fingerprint density at radius 3 is 2.58 bits per heavy atom. The van der Waals surface area contributed by atoms with Gasteiger partial charge in [0.2, 0.25) is 0 Å². The van der Waals surface area contributed by atoms with E-state index < -0.39 is 5.69 Å². The molecule has 0 atom stereocenters. The second-order valence-corrected chi connectivity index (χ2v) is 7.56. The van der Waals surface area contributed by atoms with Gasteiger partial charge in [-0.3, -0.25) is 4.79 Å². The van der Waals surface area contributed by atoms with Gasteiger partial charge in [-0.2, -0.15) is 4.98 Å². The number of H-pyrrole nitrogens is 1. The lowest BCUT2D eigenvalue weighted by molar-refractivity contribution is 0.0795. The molecule has 1 heterocycles. The molecule has 0 radical (unpaired) electrons. The molecule has 1 aliphatic carbocycles. The zero-order valence-electron chi connectivity index (χ0n) is 15.3. The van der Waals surface area contributed by atoms with Crippen molar-refractivity contribution in [3.05, 3.63) is 27.9 Å². The number of carbonyl (C=O) groups excluding carboxylic acids is 1. The van der Waals surface area contributed by atoms with E-state index in [9.17, 15) is 9.59 Å². The summed E-state index contributed by atoms with van der Waals surface area (Å²) in [6.07, 6.45) is 6.53. The topological polar surface area (TPSA) is 78.1 Å². The number of hydrogen-bond donors (Lipinski definition) is 2. The molecule has 134 valence electrons. The lowest BCUT2D eigenvalue weighted by Crippen LogP contribution is -2.54. The minimum Gasteiger partial charge on any atom is -0.349 e. The third kappa shape index (κ3) is 4.66. The fourth-order valence-corrected chi connectivity index (χ4v) is 3.50. The second-order valence-electron chi connectivity index (χ2n) is 7.56. The maximum absolute atomic E-state index is 12.5. The van der Waals surface area contributed by atoms with Crippen LogP contribution in [0.3, 0.4) is 0 Å². The molecular formula is C18H30N4O2. The van der Waals surface area contributed by atoms with Crippen LogP contribution in [0.4, 0.5) is 0 Å². The molecule has 1 aromatic rings. The van der Waals surface area contributed by atoms with Gasteiger partial charge in [-0.1, -0.05) is 33.1 Å². The summed E-state index contributed by atoms with van der Waals surface area (Å²) in [6, 6.07) is 1.69. The Hall–Kier alpha value is -1.69. The van der Waals surface area contributed by atoms with Crippen LogP contribution in [0.15, 0.2) is 10.9 Å². The van der Waals surface area contributed by atoms with Gasteiger partial charge in [0.05, 0.1) is 0 Å². The predicted molar refractivity (Wildman–Crippen MR) is 95.2 cm³/mol. The highest BCUT2D eigenvalue weighted by Gasteiger charge is 2.34. The number of aromatic nitrogens is 2. The fourth-order valence-electron chi connectivity index (χ4n) is 3.50. The molecule has 0 bridgehead atoms. The lowest BCUT2D eigenvalue weighted by Gasteiger charge is -2.43. The number of nitrogens with zero attached hydrogens (tertiary/aromatic N) is 2.